The fourth-order valence-corrected chi connectivity index (χ4v) is 3.58. The first-order valence-electron chi connectivity index (χ1n) is 10.9. The van der Waals surface area contributed by atoms with Gasteiger partial charge in [0.25, 0.3) is 11.8 Å². The maximum Gasteiger partial charge on any atom is 0.259 e. The Balaban J connectivity index is 1.76. The van der Waals surface area contributed by atoms with Gasteiger partial charge in [-0.15, -0.1) is 0 Å². The summed E-state index contributed by atoms with van der Waals surface area (Å²) in [4.78, 5) is 27.4. The third-order valence-corrected chi connectivity index (χ3v) is 5.48. The minimum absolute atomic E-state index is 0.201. The van der Waals surface area contributed by atoms with Crippen LogP contribution in [0.5, 0.6) is 5.75 Å². The van der Waals surface area contributed by atoms with Crippen molar-refractivity contribution in [3.05, 3.63) is 95.4 Å². The number of amides is 2. The summed E-state index contributed by atoms with van der Waals surface area (Å²) in [7, 11) is 4.80. The normalized spacial score (nSPS) is 10.7. The van der Waals surface area contributed by atoms with Crippen molar-refractivity contribution >= 4 is 17.5 Å². The first kappa shape index (κ1) is 23.7. The molecule has 4 rings (SSSR count). The monoisotopic (exact) mass is 472 g/mol. The number of rotatable bonds is 6. The topological polar surface area (TPSA) is 76.5 Å². The van der Waals surface area contributed by atoms with E-state index in [2.05, 4.69) is 10.4 Å². The predicted octanol–water partition coefficient (Wildman–Crippen LogP) is 4.95. The summed E-state index contributed by atoms with van der Waals surface area (Å²) >= 11 is 0. The second-order valence-electron chi connectivity index (χ2n) is 8.25. The van der Waals surface area contributed by atoms with Crippen LogP contribution in [0.1, 0.15) is 26.3 Å². The number of benzene rings is 3. The Bertz CT molecular complexity index is 1380. The molecule has 4 aromatic rings. The Hall–Kier alpha value is -4.46. The van der Waals surface area contributed by atoms with Crippen LogP contribution in [0.15, 0.2) is 72.9 Å². The molecule has 2 amide bonds. The Morgan fingerprint density at radius 1 is 1.00 bits per heavy atom. The third kappa shape index (κ3) is 5.06. The van der Waals surface area contributed by atoms with E-state index in [1.165, 1.54) is 28.8 Å². The van der Waals surface area contributed by atoms with E-state index in [1.54, 1.807) is 50.6 Å². The highest BCUT2D eigenvalue weighted by atomic mass is 19.1. The first-order valence-corrected chi connectivity index (χ1v) is 10.9. The van der Waals surface area contributed by atoms with Crippen molar-refractivity contribution < 1.29 is 18.7 Å². The molecular formula is C27H25FN4O3. The van der Waals surface area contributed by atoms with Gasteiger partial charge >= 0.3 is 0 Å². The molecule has 0 saturated heterocycles. The minimum Gasteiger partial charge on any atom is -0.495 e. The molecule has 0 aliphatic carbocycles. The molecule has 0 aliphatic heterocycles. The average Bonchev–Trinajstić information content (AvgIpc) is 3.30. The molecule has 0 radical (unpaired) electrons. The van der Waals surface area contributed by atoms with Crippen molar-refractivity contribution in [2.45, 2.75) is 6.92 Å². The number of ether oxygens (including phenoxy) is 1. The van der Waals surface area contributed by atoms with Gasteiger partial charge in [-0.1, -0.05) is 29.8 Å². The minimum atomic E-state index is -0.429. The second-order valence-corrected chi connectivity index (χ2v) is 8.25. The van der Waals surface area contributed by atoms with Crippen LogP contribution in [-0.2, 0) is 0 Å². The molecule has 0 unspecified atom stereocenters. The molecule has 35 heavy (non-hydrogen) atoms. The van der Waals surface area contributed by atoms with Gasteiger partial charge in [-0.3, -0.25) is 9.59 Å². The maximum absolute atomic E-state index is 13.5. The van der Waals surface area contributed by atoms with Crippen molar-refractivity contribution in [2.75, 3.05) is 26.5 Å². The summed E-state index contributed by atoms with van der Waals surface area (Å²) < 4.78 is 20.4. The number of hydrogen-bond acceptors (Lipinski definition) is 4. The van der Waals surface area contributed by atoms with Crippen LogP contribution in [0.4, 0.5) is 10.1 Å². The molecule has 1 N–H and O–H groups in total. The van der Waals surface area contributed by atoms with E-state index in [0.29, 0.717) is 33.9 Å². The lowest BCUT2D eigenvalue weighted by Crippen LogP contribution is -2.22. The number of aryl methyl sites for hydroxylation is 1. The van der Waals surface area contributed by atoms with Crippen molar-refractivity contribution in [1.82, 2.24) is 14.7 Å². The molecule has 7 nitrogen and oxygen atoms in total. The number of aromatic nitrogens is 2. The Morgan fingerprint density at radius 3 is 2.31 bits per heavy atom. The number of carbonyl (C=O) groups excluding carboxylic acids is 2. The number of carbonyl (C=O) groups is 2. The molecule has 8 heteroatoms. The van der Waals surface area contributed by atoms with Gasteiger partial charge in [0, 0.05) is 31.4 Å². The summed E-state index contributed by atoms with van der Waals surface area (Å²) in [6.45, 7) is 1.98. The van der Waals surface area contributed by atoms with Gasteiger partial charge in [-0.05, 0) is 49.4 Å². The number of nitrogens with zero attached hydrogens (tertiary/aromatic N) is 3. The van der Waals surface area contributed by atoms with Crippen LogP contribution in [0.25, 0.3) is 16.9 Å². The molecule has 0 spiro atoms. The van der Waals surface area contributed by atoms with E-state index < -0.39 is 5.91 Å². The molecule has 3 aromatic carbocycles. The Morgan fingerprint density at radius 2 is 1.69 bits per heavy atom. The first-order chi connectivity index (χ1) is 16.8. The van der Waals surface area contributed by atoms with Crippen LogP contribution in [0.2, 0.25) is 0 Å². The van der Waals surface area contributed by atoms with Gasteiger partial charge in [-0.2, -0.15) is 5.10 Å². The average molecular weight is 473 g/mol. The molecule has 0 saturated carbocycles. The van der Waals surface area contributed by atoms with Crippen molar-refractivity contribution in [2.24, 2.45) is 0 Å². The van der Waals surface area contributed by atoms with Crippen LogP contribution in [0.3, 0.4) is 0 Å². The Kier molecular flexibility index (Phi) is 6.64. The van der Waals surface area contributed by atoms with E-state index in [9.17, 15) is 14.0 Å². The van der Waals surface area contributed by atoms with Gasteiger partial charge in [0.2, 0.25) is 0 Å². The van der Waals surface area contributed by atoms with E-state index in [0.717, 1.165) is 11.1 Å². The number of anilines is 1. The zero-order valence-electron chi connectivity index (χ0n) is 19.9. The lowest BCUT2D eigenvalue weighted by molar-refractivity contribution is 0.0827. The highest BCUT2D eigenvalue weighted by Crippen LogP contribution is 2.29. The van der Waals surface area contributed by atoms with E-state index >= 15 is 0 Å². The zero-order valence-corrected chi connectivity index (χ0v) is 19.9. The largest absolute Gasteiger partial charge is 0.495 e. The molecule has 0 atom stereocenters. The molecule has 178 valence electrons. The summed E-state index contributed by atoms with van der Waals surface area (Å²) in [6.07, 6.45) is 1.60. The summed E-state index contributed by atoms with van der Waals surface area (Å²) in [5.41, 5.74) is 3.97. The molecule has 0 fully saturated rings. The summed E-state index contributed by atoms with van der Waals surface area (Å²) in [5.74, 6) is -0.581. The van der Waals surface area contributed by atoms with E-state index in [4.69, 9.17) is 4.74 Å². The van der Waals surface area contributed by atoms with Gasteiger partial charge in [-0.25, -0.2) is 9.07 Å². The van der Waals surface area contributed by atoms with Gasteiger partial charge in [0.15, 0.2) is 0 Å². The number of halogens is 1. The van der Waals surface area contributed by atoms with Gasteiger partial charge in [0.1, 0.15) is 17.3 Å². The van der Waals surface area contributed by atoms with Crippen molar-refractivity contribution in [3.63, 3.8) is 0 Å². The lowest BCUT2D eigenvalue weighted by Gasteiger charge is -2.14. The van der Waals surface area contributed by atoms with Crippen molar-refractivity contribution in [3.8, 4) is 22.7 Å². The summed E-state index contributed by atoms with van der Waals surface area (Å²) in [5, 5.41) is 7.49. The molecule has 1 heterocycles. The standard InChI is InChI=1S/C27H25FN4O3/c1-17-5-7-18(8-6-17)25-22(16-32(30-25)21-12-10-20(28)11-13-21)26(33)29-23-15-19(27(34)31(2)3)9-14-24(23)35-4/h5-16H,1-4H3,(H,29,33). The number of nitrogens with one attached hydrogen (secondary N) is 1. The summed E-state index contributed by atoms with van der Waals surface area (Å²) in [6, 6.07) is 18.3. The predicted molar refractivity (Wildman–Crippen MR) is 133 cm³/mol. The third-order valence-electron chi connectivity index (χ3n) is 5.48. The van der Waals surface area contributed by atoms with Gasteiger partial charge < -0.3 is 15.0 Å². The van der Waals surface area contributed by atoms with Crippen LogP contribution in [-0.4, -0.2) is 47.7 Å². The SMILES string of the molecule is COc1ccc(C(=O)N(C)C)cc1NC(=O)c1cn(-c2ccc(F)cc2)nc1-c1ccc(C)cc1. The van der Waals surface area contributed by atoms with Crippen LogP contribution < -0.4 is 10.1 Å². The second kappa shape index (κ2) is 9.80. The maximum atomic E-state index is 13.5. The fraction of sp³-hybridized carbons (Fsp3) is 0.148. The number of hydrogen-bond donors (Lipinski definition) is 1. The van der Waals surface area contributed by atoms with E-state index in [1.807, 2.05) is 31.2 Å². The molecule has 0 aliphatic rings. The van der Waals surface area contributed by atoms with Crippen molar-refractivity contribution in [1.29, 1.82) is 0 Å². The molecular weight excluding hydrogens is 447 g/mol. The van der Waals surface area contributed by atoms with E-state index in [-0.39, 0.29) is 11.7 Å². The van der Waals surface area contributed by atoms with Crippen LogP contribution in [0, 0.1) is 12.7 Å². The Labute approximate surface area is 202 Å². The lowest BCUT2D eigenvalue weighted by atomic mass is 10.1. The fourth-order valence-electron chi connectivity index (χ4n) is 3.58. The smallest absolute Gasteiger partial charge is 0.259 e. The molecule has 0 bridgehead atoms. The quantitative estimate of drug-likeness (QED) is 0.431. The highest BCUT2D eigenvalue weighted by Gasteiger charge is 2.21. The van der Waals surface area contributed by atoms with Crippen LogP contribution >= 0.6 is 0 Å². The van der Waals surface area contributed by atoms with Gasteiger partial charge in [0.05, 0.1) is 24.0 Å². The zero-order chi connectivity index (χ0) is 25.1. The molecule has 1 aromatic heterocycles. The highest BCUT2D eigenvalue weighted by molar-refractivity contribution is 6.09. The number of methoxy groups -OCH3 is 1.